The Morgan fingerprint density at radius 3 is 2.17 bits per heavy atom. The van der Waals surface area contributed by atoms with Crippen molar-refractivity contribution in [2.75, 3.05) is 16.3 Å². The summed E-state index contributed by atoms with van der Waals surface area (Å²) in [6.07, 6.45) is -3.48. The molecule has 2 N–H and O–H groups in total. The highest BCUT2D eigenvalue weighted by Crippen LogP contribution is 2.29. The van der Waals surface area contributed by atoms with Crippen LogP contribution in [0, 0.1) is 0 Å². The van der Waals surface area contributed by atoms with E-state index >= 15 is 0 Å². The molecule has 128 valence electrons. The zero-order valence-corrected chi connectivity index (χ0v) is 13.2. The fraction of sp³-hybridized carbons (Fsp3) is 0.133. The maximum Gasteiger partial charge on any atom is 0.416 e. The molecular weight excluding hydrogens is 345 g/mol. The average molecular weight is 358 g/mol. The Hall–Kier alpha value is -2.55. The van der Waals surface area contributed by atoms with Crippen LogP contribution in [0.15, 0.2) is 48.5 Å². The van der Waals surface area contributed by atoms with Crippen molar-refractivity contribution in [3.05, 3.63) is 59.7 Å². The molecule has 24 heavy (non-hydrogen) atoms. The summed E-state index contributed by atoms with van der Waals surface area (Å²) in [5.41, 5.74) is -0.268. The predicted octanol–water partition coefficient (Wildman–Crippen LogP) is 3.33. The van der Waals surface area contributed by atoms with Gasteiger partial charge in [-0.05, 0) is 42.5 Å². The van der Waals surface area contributed by atoms with E-state index in [2.05, 4.69) is 10.0 Å². The van der Waals surface area contributed by atoms with Crippen molar-refractivity contribution >= 4 is 27.3 Å². The van der Waals surface area contributed by atoms with Crippen molar-refractivity contribution in [2.45, 2.75) is 6.18 Å². The van der Waals surface area contributed by atoms with Crippen LogP contribution in [0.5, 0.6) is 0 Å². The van der Waals surface area contributed by atoms with Crippen molar-refractivity contribution < 1.29 is 26.4 Å². The summed E-state index contributed by atoms with van der Waals surface area (Å²) in [6.45, 7) is 0. The van der Waals surface area contributed by atoms with Gasteiger partial charge in [-0.25, -0.2) is 8.42 Å². The van der Waals surface area contributed by atoms with E-state index in [9.17, 15) is 26.4 Å². The van der Waals surface area contributed by atoms with Crippen LogP contribution >= 0.6 is 0 Å². The van der Waals surface area contributed by atoms with Crippen LogP contribution in [0.4, 0.5) is 24.5 Å². The number of sulfonamides is 1. The highest BCUT2D eigenvalue weighted by atomic mass is 32.2. The van der Waals surface area contributed by atoms with Gasteiger partial charge in [-0.15, -0.1) is 0 Å². The number of benzene rings is 2. The third kappa shape index (κ3) is 4.98. The third-order valence-electron chi connectivity index (χ3n) is 2.90. The van der Waals surface area contributed by atoms with E-state index in [1.54, 1.807) is 0 Å². The first-order valence-electron chi connectivity index (χ1n) is 6.61. The third-order valence-corrected chi connectivity index (χ3v) is 3.50. The Labute approximate surface area is 136 Å². The van der Waals surface area contributed by atoms with Crippen molar-refractivity contribution in [1.29, 1.82) is 0 Å². The van der Waals surface area contributed by atoms with Gasteiger partial charge in [0.1, 0.15) is 0 Å². The lowest BCUT2D eigenvalue weighted by atomic mass is 10.1. The maximum absolute atomic E-state index is 12.5. The molecule has 2 rings (SSSR count). The van der Waals surface area contributed by atoms with E-state index in [4.69, 9.17) is 0 Å². The zero-order chi connectivity index (χ0) is 18.0. The minimum atomic E-state index is -4.45. The van der Waals surface area contributed by atoms with Crippen molar-refractivity contribution in [2.24, 2.45) is 0 Å². The van der Waals surface area contributed by atoms with Crippen LogP contribution in [-0.4, -0.2) is 20.6 Å². The number of hydrogen-bond donors (Lipinski definition) is 2. The summed E-state index contributed by atoms with van der Waals surface area (Å²) >= 11 is 0. The van der Waals surface area contributed by atoms with E-state index < -0.39 is 27.7 Å². The SMILES string of the molecule is CS(=O)(=O)Nc1cccc(C(=O)Nc2ccc(C(F)(F)F)cc2)c1. The largest absolute Gasteiger partial charge is 0.416 e. The summed E-state index contributed by atoms with van der Waals surface area (Å²) in [5.74, 6) is -0.577. The molecule has 0 aromatic heterocycles. The number of halogens is 3. The molecular formula is C15H13F3N2O3S. The number of rotatable bonds is 4. The number of anilines is 2. The molecule has 5 nitrogen and oxygen atoms in total. The second-order valence-corrected chi connectivity index (χ2v) is 6.73. The molecule has 0 radical (unpaired) electrons. The van der Waals surface area contributed by atoms with Crippen molar-refractivity contribution in [3.8, 4) is 0 Å². The van der Waals surface area contributed by atoms with Gasteiger partial charge >= 0.3 is 6.18 Å². The van der Waals surface area contributed by atoms with Gasteiger partial charge in [-0.2, -0.15) is 13.2 Å². The molecule has 2 aromatic carbocycles. The highest BCUT2D eigenvalue weighted by molar-refractivity contribution is 7.92. The molecule has 0 saturated carbocycles. The first kappa shape index (κ1) is 17.8. The molecule has 0 spiro atoms. The van der Waals surface area contributed by atoms with E-state index in [1.165, 1.54) is 24.3 Å². The molecule has 0 aliphatic rings. The lowest BCUT2D eigenvalue weighted by molar-refractivity contribution is -0.137. The first-order chi connectivity index (χ1) is 11.0. The topological polar surface area (TPSA) is 75.3 Å². The molecule has 0 bridgehead atoms. The fourth-order valence-corrected chi connectivity index (χ4v) is 2.44. The van der Waals surface area contributed by atoms with Crippen molar-refractivity contribution in [1.82, 2.24) is 0 Å². The van der Waals surface area contributed by atoms with Crippen LogP contribution in [0.1, 0.15) is 15.9 Å². The van der Waals surface area contributed by atoms with Gasteiger partial charge in [0, 0.05) is 16.9 Å². The molecule has 0 aliphatic heterocycles. The summed E-state index contributed by atoms with van der Waals surface area (Å²) in [6, 6.07) is 9.71. The summed E-state index contributed by atoms with van der Waals surface area (Å²) in [5, 5.41) is 2.44. The Morgan fingerprint density at radius 2 is 1.62 bits per heavy atom. The molecule has 0 heterocycles. The quantitative estimate of drug-likeness (QED) is 0.880. The van der Waals surface area contributed by atoms with E-state index in [0.29, 0.717) is 0 Å². The van der Waals surface area contributed by atoms with Crippen LogP contribution in [-0.2, 0) is 16.2 Å². The first-order valence-corrected chi connectivity index (χ1v) is 8.50. The van der Waals surface area contributed by atoms with Gasteiger partial charge in [0.05, 0.1) is 11.8 Å². The van der Waals surface area contributed by atoms with E-state index in [-0.39, 0.29) is 16.9 Å². The van der Waals surface area contributed by atoms with Crippen LogP contribution in [0.2, 0.25) is 0 Å². The Bertz CT molecular complexity index is 847. The Balaban J connectivity index is 2.14. The minimum Gasteiger partial charge on any atom is -0.322 e. The number of alkyl halides is 3. The second-order valence-electron chi connectivity index (χ2n) is 4.98. The number of hydrogen-bond acceptors (Lipinski definition) is 3. The average Bonchev–Trinajstić information content (AvgIpc) is 2.45. The maximum atomic E-state index is 12.5. The molecule has 9 heteroatoms. The summed E-state index contributed by atoms with van der Waals surface area (Å²) < 4.78 is 62.0. The lowest BCUT2D eigenvalue weighted by Crippen LogP contribution is -2.14. The molecule has 0 atom stereocenters. The van der Waals surface area contributed by atoms with Gasteiger partial charge in [0.25, 0.3) is 5.91 Å². The van der Waals surface area contributed by atoms with E-state index in [1.807, 2.05) is 0 Å². The van der Waals surface area contributed by atoms with Gasteiger partial charge in [-0.1, -0.05) is 6.07 Å². The highest BCUT2D eigenvalue weighted by Gasteiger charge is 2.29. The number of nitrogens with one attached hydrogen (secondary N) is 2. The van der Waals surface area contributed by atoms with Gasteiger partial charge < -0.3 is 5.32 Å². The van der Waals surface area contributed by atoms with Crippen LogP contribution in [0.25, 0.3) is 0 Å². The second kappa shape index (κ2) is 6.52. The summed E-state index contributed by atoms with van der Waals surface area (Å²) in [7, 11) is -3.49. The monoisotopic (exact) mass is 358 g/mol. The number of carbonyl (C=O) groups is 1. The van der Waals surface area contributed by atoms with Gasteiger partial charge in [0.15, 0.2) is 0 Å². The van der Waals surface area contributed by atoms with E-state index in [0.717, 1.165) is 30.5 Å². The van der Waals surface area contributed by atoms with Crippen molar-refractivity contribution in [3.63, 3.8) is 0 Å². The standard InChI is InChI=1S/C15H13F3N2O3S/c1-24(22,23)20-13-4-2-3-10(9-13)14(21)19-12-7-5-11(6-8-12)15(16,17)18/h2-9,20H,1H3,(H,19,21). The smallest absolute Gasteiger partial charge is 0.322 e. The summed E-state index contributed by atoms with van der Waals surface area (Å²) in [4.78, 5) is 12.1. The van der Waals surface area contributed by atoms with Gasteiger partial charge in [0.2, 0.25) is 10.0 Å². The number of carbonyl (C=O) groups excluding carboxylic acids is 1. The molecule has 0 fully saturated rings. The molecule has 2 aromatic rings. The molecule has 0 unspecified atom stereocenters. The zero-order valence-electron chi connectivity index (χ0n) is 12.4. The Kier molecular flexibility index (Phi) is 4.83. The molecule has 0 saturated heterocycles. The van der Waals surface area contributed by atoms with Gasteiger partial charge in [-0.3, -0.25) is 9.52 Å². The normalized spacial score (nSPS) is 11.8. The van der Waals surface area contributed by atoms with Crippen LogP contribution < -0.4 is 10.0 Å². The Morgan fingerprint density at radius 1 is 1.00 bits per heavy atom. The molecule has 0 aliphatic carbocycles. The molecule has 1 amide bonds. The minimum absolute atomic E-state index is 0.156. The lowest BCUT2D eigenvalue weighted by Gasteiger charge is -2.10. The number of amides is 1. The fourth-order valence-electron chi connectivity index (χ4n) is 1.88. The predicted molar refractivity (Wildman–Crippen MR) is 84.3 cm³/mol. The van der Waals surface area contributed by atoms with Crippen LogP contribution in [0.3, 0.4) is 0 Å².